The molecule has 0 N–H and O–H groups in total. The van der Waals surface area contributed by atoms with Crippen LogP contribution in [0.2, 0.25) is 0 Å². The number of hydrogen-bond acceptors (Lipinski definition) is 3. The largest absolute Gasteiger partial charge is 0.416 e. The fourth-order valence-corrected chi connectivity index (χ4v) is 4.41. The Balaban J connectivity index is 1.61. The highest BCUT2D eigenvalue weighted by molar-refractivity contribution is 7.89. The Morgan fingerprint density at radius 3 is 2.00 bits per heavy atom. The van der Waals surface area contributed by atoms with E-state index in [1.165, 1.54) is 16.4 Å². The molecule has 0 unspecified atom stereocenters. The molecule has 4 nitrogen and oxygen atoms in total. The molecular weight excluding hydrogens is 403 g/mol. The maximum atomic E-state index is 13.3. The lowest BCUT2D eigenvalue weighted by atomic mass is 10.1. The van der Waals surface area contributed by atoms with Crippen molar-refractivity contribution in [1.82, 2.24) is 9.21 Å². The molecule has 152 valence electrons. The van der Waals surface area contributed by atoms with Gasteiger partial charge in [0.05, 0.1) is 10.5 Å². The van der Waals surface area contributed by atoms with Gasteiger partial charge in [0.15, 0.2) is 11.6 Å². The van der Waals surface area contributed by atoms with Gasteiger partial charge in [-0.25, -0.2) is 17.2 Å². The summed E-state index contributed by atoms with van der Waals surface area (Å²) in [6.07, 6.45) is -4.39. The van der Waals surface area contributed by atoms with Crippen molar-refractivity contribution in [1.29, 1.82) is 0 Å². The molecule has 0 bridgehead atoms. The summed E-state index contributed by atoms with van der Waals surface area (Å²) < 4.78 is 90.5. The molecule has 0 saturated carbocycles. The number of piperazine rings is 1. The van der Waals surface area contributed by atoms with Crippen LogP contribution in [0.4, 0.5) is 22.0 Å². The zero-order valence-electron chi connectivity index (χ0n) is 14.6. The lowest BCUT2D eigenvalue weighted by Gasteiger charge is -2.34. The Morgan fingerprint density at radius 1 is 0.857 bits per heavy atom. The zero-order chi connectivity index (χ0) is 20.5. The van der Waals surface area contributed by atoms with Gasteiger partial charge in [0, 0.05) is 32.7 Å². The summed E-state index contributed by atoms with van der Waals surface area (Å²) >= 11 is 0. The van der Waals surface area contributed by atoms with E-state index in [0.29, 0.717) is 31.3 Å². The van der Waals surface area contributed by atoms with Gasteiger partial charge in [-0.2, -0.15) is 17.5 Å². The first-order valence-electron chi connectivity index (χ1n) is 8.41. The number of nitrogens with zero attached hydrogens (tertiary/aromatic N) is 2. The lowest BCUT2D eigenvalue weighted by Crippen LogP contribution is -2.48. The molecule has 0 radical (unpaired) electrons. The molecule has 0 aliphatic carbocycles. The average Bonchev–Trinajstić information content (AvgIpc) is 2.64. The van der Waals surface area contributed by atoms with Crippen molar-refractivity contribution in [2.45, 2.75) is 17.6 Å². The van der Waals surface area contributed by atoms with Gasteiger partial charge < -0.3 is 0 Å². The number of rotatable bonds is 4. The molecule has 28 heavy (non-hydrogen) atoms. The minimum absolute atomic E-state index is 0.141. The molecule has 0 aromatic heterocycles. The maximum Gasteiger partial charge on any atom is 0.416 e. The Morgan fingerprint density at radius 2 is 1.46 bits per heavy atom. The molecular formula is C18H17F5N2O2S. The Labute approximate surface area is 159 Å². The first kappa shape index (κ1) is 20.7. The first-order valence-corrected chi connectivity index (χ1v) is 9.85. The summed E-state index contributed by atoms with van der Waals surface area (Å²) in [6.45, 7) is 1.40. The van der Waals surface area contributed by atoms with Crippen LogP contribution >= 0.6 is 0 Å². The fourth-order valence-electron chi connectivity index (χ4n) is 2.97. The smallest absolute Gasteiger partial charge is 0.296 e. The Kier molecular flexibility index (Phi) is 5.74. The third-order valence-electron chi connectivity index (χ3n) is 4.55. The van der Waals surface area contributed by atoms with Crippen LogP contribution in [0.5, 0.6) is 0 Å². The third kappa shape index (κ3) is 4.50. The van der Waals surface area contributed by atoms with Gasteiger partial charge in [0.1, 0.15) is 0 Å². The van der Waals surface area contributed by atoms with Crippen molar-refractivity contribution in [3.8, 4) is 0 Å². The predicted octanol–water partition coefficient (Wildman–Crippen LogP) is 3.49. The quantitative estimate of drug-likeness (QED) is 0.711. The summed E-state index contributed by atoms with van der Waals surface area (Å²) in [5.74, 6) is -2.36. The van der Waals surface area contributed by atoms with Crippen LogP contribution in [0.15, 0.2) is 47.4 Å². The van der Waals surface area contributed by atoms with Crippen LogP contribution in [0, 0.1) is 11.6 Å². The summed E-state index contributed by atoms with van der Waals surface area (Å²) in [5.41, 5.74) is -0.0383. The molecule has 1 saturated heterocycles. The maximum absolute atomic E-state index is 13.3. The minimum Gasteiger partial charge on any atom is -0.296 e. The van der Waals surface area contributed by atoms with Crippen molar-refractivity contribution in [2.24, 2.45) is 0 Å². The van der Waals surface area contributed by atoms with Crippen LogP contribution in [0.3, 0.4) is 0 Å². The van der Waals surface area contributed by atoms with Crippen LogP contribution in [-0.2, 0) is 22.7 Å². The monoisotopic (exact) mass is 420 g/mol. The Bertz CT molecular complexity index is 937. The van der Waals surface area contributed by atoms with E-state index in [2.05, 4.69) is 0 Å². The van der Waals surface area contributed by atoms with Crippen LogP contribution in [0.1, 0.15) is 11.1 Å². The second-order valence-corrected chi connectivity index (χ2v) is 8.39. The van der Waals surface area contributed by atoms with E-state index in [-0.39, 0.29) is 18.0 Å². The highest BCUT2D eigenvalue weighted by Crippen LogP contribution is 2.29. The molecule has 10 heteroatoms. The van der Waals surface area contributed by atoms with Gasteiger partial charge in [-0.05, 0) is 35.9 Å². The standard InChI is InChI=1S/C18H17F5N2O2S/c19-16-6-5-15(11-17(16)20)28(26,27)25-9-7-24(8-10-25)12-13-1-3-14(4-2-13)18(21,22)23/h1-6,11H,7-10,12H2. The highest BCUT2D eigenvalue weighted by Gasteiger charge is 2.31. The predicted molar refractivity (Wildman–Crippen MR) is 91.8 cm³/mol. The van der Waals surface area contributed by atoms with E-state index in [0.717, 1.165) is 24.3 Å². The van der Waals surface area contributed by atoms with Crippen LogP contribution in [-0.4, -0.2) is 43.8 Å². The van der Waals surface area contributed by atoms with E-state index in [1.54, 1.807) is 0 Å². The molecule has 0 atom stereocenters. The fraction of sp³-hybridized carbons (Fsp3) is 0.333. The van der Waals surface area contributed by atoms with Crippen molar-refractivity contribution < 1.29 is 30.4 Å². The molecule has 3 rings (SSSR count). The van der Waals surface area contributed by atoms with E-state index < -0.39 is 33.4 Å². The molecule has 2 aromatic rings. The van der Waals surface area contributed by atoms with Gasteiger partial charge in [-0.3, -0.25) is 4.90 Å². The minimum atomic E-state index is -4.39. The number of sulfonamides is 1. The van der Waals surface area contributed by atoms with E-state index in [4.69, 9.17) is 0 Å². The second-order valence-electron chi connectivity index (χ2n) is 6.45. The van der Waals surface area contributed by atoms with Gasteiger partial charge >= 0.3 is 6.18 Å². The van der Waals surface area contributed by atoms with Crippen molar-refractivity contribution in [2.75, 3.05) is 26.2 Å². The van der Waals surface area contributed by atoms with E-state index in [9.17, 15) is 30.4 Å². The lowest BCUT2D eigenvalue weighted by molar-refractivity contribution is -0.137. The molecule has 0 spiro atoms. The van der Waals surface area contributed by atoms with Crippen molar-refractivity contribution >= 4 is 10.0 Å². The summed E-state index contributed by atoms with van der Waals surface area (Å²) in [7, 11) is -3.94. The summed E-state index contributed by atoms with van der Waals surface area (Å²) in [6, 6.07) is 7.25. The summed E-state index contributed by atoms with van der Waals surface area (Å²) in [5, 5.41) is 0. The molecule has 1 heterocycles. The molecule has 0 amide bonds. The first-order chi connectivity index (χ1) is 13.1. The van der Waals surface area contributed by atoms with Crippen molar-refractivity contribution in [3.63, 3.8) is 0 Å². The molecule has 1 fully saturated rings. The van der Waals surface area contributed by atoms with Gasteiger partial charge in [0.25, 0.3) is 0 Å². The van der Waals surface area contributed by atoms with Gasteiger partial charge in [-0.1, -0.05) is 12.1 Å². The SMILES string of the molecule is O=S(=O)(c1ccc(F)c(F)c1)N1CCN(Cc2ccc(C(F)(F)F)cc2)CC1. The average molecular weight is 420 g/mol. The van der Waals surface area contributed by atoms with E-state index in [1.807, 2.05) is 4.90 Å². The molecule has 1 aliphatic rings. The van der Waals surface area contributed by atoms with Crippen molar-refractivity contribution in [3.05, 3.63) is 65.2 Å². The number of alkyl halides is 3. The topological polar surface area (TPSA) is 40.6 Å². The van der Waals surface area contributed by atoms with Gasteiger partial charge in [0.2, 0.25) is 10.0 Å². The van der Waals surface area contributed by atoms with E-state index >= 15 is 0 Å². The molecule has 1 aliphatic heterocycles. The Hall–Kier alpha value is -2.04. The van der Waals surface area contributed by atoms with Crippen LogP contribution < -0.4 is 0 Å². The highest BCUT2D eigenvalue weighted by atomic mass is 32.2. The second kappa shape index (κ2) is 7.76. The van der Waals surface area contributed by atoms with Gasteiger partial charge in [-0.15, -0.1) is 0 Å². The molecule has 2 aromatic carbocycles. The van der Waals surface area contributed by atoms with Crippen LogP contribution in [0.25, 0.3) is 0 Å². The number of benzene rings is 2. The number of hydrogen-bond donors (Lipinski definition) is 0. The zero-order valence-corrected chi connectivity index (χ0v) is 15.4. The third-order valence-corrected chi connectivity index (χ3v) is 6.44. The normalized spacial score (nSPS) is 17.0. The number of halogens is 5. The summed E-state index contributed by atoms with van der Waals surface area (Å²) in [4.78, 5) is 1.60.